The Bertz CT molecular complexity index is 1520. The molecule has 1 N–H and O–H groups in total. The van der Waals surface area contributed by atoms with Gasteiger partial charge < -0.3 is 10.2 Å². The Morgan fingerprint density at radius 2 is 1.58 bits per heavy atom. The molecule has 0 heterocycles. The molecule has 1 aliphatic carbocycles. The predicted octanol–water partition coefficient (Wildman–Crippen LogP) is 7.06. The van der Waals surface area contributed by atoms with E-state index in [1.807, 2.05) is 32.9 Å². The molecule has 1 saturated carbocycles. The Kier molecular flexibility index (Phi) is 11.2. The van der Waals surface area contributed by atoms with Gasteiger partial charge in [-0.2, -0.15) is 0 Å². The zero-order valence-corrected chi connectivity index (χ0v) is 27.2. The van der Waals surface area contributed by atoms with E-state index in [1.165, 1.54) is 17.0 Å². The van der Waals surface area contributed by atoms with Crippen molar-refractivity contribution in [3.8, 4) is 0 Å². The fourth-order valence-corrected chi connectivity index (χ4v) is 7.65. The number of nitrogens with one attached hydrogen (secondary N) is 1. The first-order valence-corrected chi connectivity index (χ1v) is 16.9. The van der Waals surface area contributed by atoms with Crippen molar-refractivity contribution in [2.24, 2.45) is 0 Å². The van der Waals surface area contributed by atoms with Crippen LogP contribution in [0.5, 0.6) is 0 Å². The molecule has 230 valence electrons. The van der Waals surface area contributed by atoms with E-state index in [0.29, 0.717) is 33.3 Å². The molecule has 0 aliphatic heterocycles. The Labute approximate surface area is 265 Å². The fraction of sp³-hybridized carbons (Fsp3) is 0.394. The molecule has 2 amide bonds. The third-order valence-corrected chi connectivity index (χ3v) is 10.4. The number of benzene rings is 3. The first kappa shape index (κ1) is 32.8. The molecule has 0 spiro atoms. The number of sulfonamides is 1. The first-order chi connectivity index (χ1) is 20.5. The van der Waals surface area contributed by atoms with Crippen LogP contribution in [0, 0.1) is 13.8 Å². The van der Waals surface area contributed by atoms with Crippen LogP contribution in [0.3, 0.4) is 0 Å². The Morgan fingerprint density at radius 1 is 0.930 bits per heavy atom. The summed E-state index contributed by atoms with van der Waals surface area (Å²) in [7, 11) is -4.15. The summed E-state index contributed by atoms with van der Waals surface area (Å²) in [5, 5.41) is 3.86. The minimum Gasteiger partial charge on any atom is -0.352 e. The third-order valence-electron chi connectivity index (χ3n) is 7.96. The molecule has 3 aromatic rings. The van der Waals surface area contributed by atoms with E-state index < -0.39 is 28.5 Å². The van der Waals surface area contributed by atoms with Crippen molar-refractivity contribution in [1.29, 1.82) is 0 Å². The largest absolute Gasteiger partial charge is 0.352 e. The van der Waals surface area contributed by atoms with Crippen LogP contribution < -0.4 is 9.62 Å². The molecule has 0 saturated heterocycles. The van der Waals surface area contributed by atoms with Crippen molar-refractivity contribution in [2.75, 3.05) is 10.8 Å². The van der Waals surface area contributed by atoms with Crippen LogP contribution in [-0.4, -0.2) is 43.8 Å². The SMILES string of the molecule is CC[C@H](C(=O)NC1CCCCC1)N(Cc1c(Cl)cccc1Cl)C(=O)CN(c1ccc(C)cc1C)S(=O)(=O)c1ccccc1. The summed E-state index contributed by atoms with van der Waals surface area (Å²) in [4.78, 5) is 29.6. The zero-order valence-electron chi connectivity index (χ0n) is 24.9. The molecule has 10 heteroatoms. The number of aryl methyl sites for hydroxylation is 2. The maximum Gasteiger partial charge on any atom is 0.264 e. The molecular formula is C33H39Cl2N3O4S. The van der Waals surface area contributed by atoms with Crippen molar-refractivity contribution in [2.45, 2.75) is 82.8 Å². The fourth-order valence-electron chi connectivity index (χ4n) is 5.64. The van der Waals surface area contributed by atoms with E-state index in [9.17, 15) is 18.0 Å². The van der Waals surface area contributed by atoms with Gasteiger partial charge in [-0.3, -0.25) is 13.9 Å². The molecule has 43 heavy (non-hydrogen) atoms. The smallest absolute Gasteiger partial charge is 0.264 e. The number of nitrogens with zero attached hydrogens (tertiary/aromatic N) is 2. The van der Waals surface area contributed by atoms with Gasteiger partial charge in [-0.15, -0.1) is 0 Å². The maximum atomic E-state index is 14.4. The van der Waals surface area contributed by atoms with E-state index in [2.05, 4.69) is 5.32 Å². The second-order valence-electron chi connectivity index (χ2n) is 11.1. The Balaban J connectivity index is 1.75. The lowest BCUT2D eigenvalue weighted by Crippen LogP contribution is -2.54. The summed E-state index contributed by atoms with van der Waals surface area (Å²) in [6.45, 7) is 5.00. The molecule has 4 rings (SSSR count). The van der Waals surface area contributed by atoms with Crippen LogP contribution in [0.4, 0.5) is 5.69 Å². The molecule has 0 aromatic heterocycles. The van der Waals surface area contributed by atoms with Gasteiger partial charge in [0.15, 0.2) is 0 Å². The number of amides is 2. The second-order valence-corrected chi connectivity index (χ2v) is 13.8. The van der Waals surface area contributed by atoms with E-state index >= 15 is 0 Å². The van der Waals surface area contributed by atoms with Gasteiger partial charge in [-0.25, -0.2) is 8.42 Å². The second kappa shape index (κ2) is 14.6. The lowest BCUT2D eigenvalue weighted by Gasteiger charge is -2.35. The maximum absolute atomic E-state index is 14.4. The highest BCUT2D eigenvalue weighted by molar-refractivity contribution is 7.92. The van der Waals surface area contributed by atoms with Crippen LogP contribution in [0.25, 0.3) is 0 Å². The van der Waals surface area contributed by atoms with Crippen LogP contribution in [0.2, 0.25) is 10.0 Å². The van der Waals surface area contributed by atoms with Gasteiger partial charge >= 0.3 is 0 Å². The predicted molar refractivity (Wildman–Crippen MR) is 173 cm³/mol. The van der Waals surface area contributed by atoms with Gasteiger partial charge in [-0.1, -0.05) is 91.3 Å². The summed E-state index contributed by atoms with van der Waals surface area (Å²) in [5.74, 6) is -0.809. The minimum atomic E-state index is -4.15. The lowest BCUT2D eigenvalue weighted by atomic mass is 9.95. The van der Waals surface area contributed by atoms with Crippen LogP contribution in [0.1, 0.15) is 62.1 Å². The molecule has 1 fully saturated rings. The number of carbonyl (C=O) groups is 2. The number of anilines is 1. The number of carbonyl (C=O) groups excluding carboxylic acids is 2. The topological polar surface area (TPSA) is 86.8 Å². The molecule has 7 nitrogen and oxygen atoms in total. The summed E-state index contributed by atoms with van der Waals surface area (Å²) < 4.78 is 29.3. The third kappa shape index (κ3) is 7.91. The average Bonchev–Trinajstić information content (AvgIpc) is 2.98. The number of halogens is 2. The molecule has 1 atom stereocenters. The van der Waals surface area contributed by atoms with E-state index in [4.69, 9.17) is 23.2 Å². The standard InChI is InChI=1S/C33H39Cl2N3O4S/c1-4-30(33(40)36-25-12-7-5-8-13-25)37(21-27-28(34)16-11-17-29(27)35)32(39)22-38(31-19-18-23(2)20-24(31)3)43(41,42)26-14-9-6-10-15-26/h6,9-11,14-20,25,30H,4-5,7-8,12-13,21-22H2,1-3H3,(H,36,40)/t30-/m1/s1. The molecule has 3 aromatic carbocycles. The summed E-state index contributed by atoms with van der Waals surface area (Å²) in [6, 6.07) is 17.7. The average molecular weight is 645 g/mol. The van der Waals surface area contributed by atoms with Gasteiger partial charge in [0.05, 0.1) is 10.6 Å². The molecular weight excluding hydrogens is 605 g/mol. The van der Waals surface area contributed by atoms with Gasteiger partial charge in [0, 0.05) is 28.2 Å². The van der Waals surface area contributed by atoms with E-state index in [-0.39, 0.29) is 23.4 Å². The summed E-state index contributed by atoms with van der Waals surface area (Å²) >= 11 is 13.0. The van der Waals surface area contributed by atoms with Crippen LogP contribution in [-0.2, 0) is 26.2 Å². The highest BCUT2D eigenvalue weighted by Crippen LogP contribution is 2.30. The Morgan fingerprint density at radius 3 is 2.19 bits per heavy atom. The van der Waals surface area contributed by atoms with Gasteiger partial charge in [0.25, 0.3) is 10.0 Å². The van der Waals surface area contributed by atoms with Gasteiger partial charge in [0.2, 0.25) is 11.8 Å². The van der Waals surface area contributed by atoms with E-state index in [0.717, 1.165) is 42.0 Å². The lowest BCUT2D eigenvalue weighted by molar-refractivity contribution is -0.140. The van der Waals surface area contributed by atoms with Crippen molar-refractivity contribution in [1.82, 2.24) is 10.2 Å². The monoisotopic (exact) mass is 643 g/mol. The normalized spacial score (nSPS) is 14.6. The van der Waals surface area contributed by atoms with Crippen molar-refractivity contribution >= 4 is 50.7 Å². The zero-order chi connectivity index (χ0) is 31.1. The number of rotatable bonds is 11. The summed E-state index contributed by atoms with van der Waals surface area (Å²) in [6.07, 6.45) is 5.33. The van der Waals surface area contributed by atoms with Crippen LogP contribution in [0.15, 0.2) is 71.6 Å². The Hall–Kier alpha value is -3.07. The molecule has 0 unspecified atom stereocenters. The molecule has 0 bridgehead atoms. The van der Waals surface area contributed by atoms with Crippen molar-refractivity contribution < 1.29 is 18.0 Å². The van der Waals surface area contributed by atoms with E-state index in [1.54, 1.807) is 42.5 Å². The van der Waals surface area contributed by atoms with Crippen molar-refractivity contribution in [3.63, 3.8) is 0 Å². The van der Waals surface area contributed by atoms with Gasteiger partial charge in [0.1, 0.15) is 12.6 Å². The highest BCUT2D eigenvalue weighted by Gasteiger charge is 2.35. The number of hydrogen-bond acceptors (Lipinski definition) is 4. The van der Waals surface area contributed by atoms with Gasteiger partial charge in [-0.05, 0) is 69.0 Å². The summed E-state index contributed by atoms with van der Waals surface area (Å²) in [5.41, 5.74) is 2.55. The van der Waals surface area contributed by atoms with Crippen LogP contribution >= 0.6 is 23.2 Å². The molecule has 1 aliphatic rings. The van der Waals surface area contributed by atoms with Crippen molar-refractivity contribution in [3.05, 3.63) is 93.5 Å². The molecule has 0 radical (unpaired) electrons. The minimum absolute atomic E-state index is 0.0429. The highest BCUT2D eigenvalue weighted by atomic mass is 35.5. The number of hydrogen-bond donors (Lipinski definition) is 1. The first-order valence-electron chi connectivity index (χ1n) is 14.7. The quantitative estimate of drug-likeness (QED) is 0.242.